The number of hydrogen-bond acceptors (Lipinski definition) is 3. The van der Waals surface area contributed by atoms with E-state index in [1.807, 2.05) is 44.2 Å². The number of benzene rings is 2. The maximum Gasteiger partial charge on any atom is 0.255 e. The summed E-state index contributed by atoms with van der Waals surface area (Å²) >= 11 is 0. The first kappa shape index (κ1) is 14.9. The van der Waals surface area contributed by atoms with Crippen molar-refractivity contribution in [2.45, 2.75) is 20.3 Å². The molecule has 0 aliphatic rings. The van der Waals surface area contributed by atoms with Gasteiger partial charge in [-0.25, -0.2) is 0 Å². The fourth-order valence-electron chi connectivity index (χ4n) is 1.93. The van der Waals surface area contributed by atoms with E-state index < -0.39 is 0 Å². The van der Waals surface area contributed by atoms with Crippen LogP contribution in [0.1, 0.15) is 29.3 Å². The molecule has 21 heavy (non-hydrogen) atoms. The third-order valence-corrected chi connectivity index (χ3v) is 3.19. The standard InChI is InChI=1S/C17H20N2O2/c1-3-10-21-14-7-4-6-13(11-14)17(20)19-16-9-5-8-15(18)12(16)2/h4-9,11H,3,10,18H2,1-2H3,(H,19,20). The highest BCUT2D eigenvalue weighted by atomic mass is 16.5. The Morgan fingerprint density at radius 2 is 2.00 bits per heavy atom. The number of hydrogen-bond donors (Lipinski definition) is 2. The molecule has 0 heterocycles. The molecule has 2 aromatic rings. The Balaban J connectivity index is 2.15. The van der Waals surface area contributed by atoms with Crippen LogP contribution in [0.5, 0.6) is 5.75 Å². The van der Waals surface area contributed by atoms with Crippen LogP contribution in [0.15, 0.2) is 42.5 Å². The molecule has 0 radical (unpaired) electrons. The maximum atomic E-state index is 12.3. The highest BCUT2D eigenvalue weighted by Gasteiger charge is 2.09. The van der Waals surface area contributed by atoms with Gasteiger partial charge in [0.05, 0.1) is 6.61 Å². The lowest BCUT2D eigenvalue weighted by molar-refractivity contribution is 0.102. The van der Waals surface area contributed by atoms with E-state index in [1.165, 1.54) is 0 Å². The van der Waals surface area contributed by atoms with Gasteiger partial charge in [0.15, 0.2) is 0 Å². The molecule has 0 spiro atoms. The van der Waals surface area contributed by atoms with Crippen molar-refractivity contribution in [1.29, 1.82) is 0 Å². The van der Waals surface area contributed by atoms with E-state index in [2.05, 4.69) is 5.32 Å². The van der Waals surface area contributed by atoms with Gasteiger partial charge in [-0.2, -0.15) is 0 Å². The van der Waals surface area contributed by atoms with Crippen LogP contribution in [0.4, 0.5) is 11.4 Å². The summed E-state index contributed by atoms with van der Waals surface area (Å²) in [5.74, 6) is 0.527. The molecular formula is C17H20N2O2. The second-order valence-electron chi connectivity index (χ2n) is 4.85. The van der Waals surface area contributed by atoms with Gasteiger partial charge in [-0.05, 0) is 49.2 Å². The SMILES string of the molecule is CCCOc1cccc(C(=O)Nc2cccc(N)c2C)c1. The van der Waals surface area contributed by atoms with Gasteiger partial charge in [-0.3, -0.25) is 4.79 Å². The van der Waals surface area contributed by atoms with Crippen LogP contribution in [0.25, 0.3) is 0 Å². The summed E-state index contributed by atoms with van der Waals surface area (Å²) in [4.78, 5) is 12.3. The second-order valence-corrected chi connectivity index (χ2v) is 4.85. The lowest BCUT2D eigenvalue weighted by atomic mass is 10.1. The molecule has 0 aliphatic heterocycles. The van der Waals surface area contributed by atoms with E-state index in [0.29, 0.717) is 23.6 Å². The zero-order valence-electron chi connectivity index (χ0n) is 12.3. The van der Waals surface area contributed by atoms with Crippen LogP contribution < -0.4 is 15.8 Å². The minimum Gasteiger partial charge on any atom is -0.494 e. The highest BCUT2D eigenvalue weighted by Crippen LogP contribution is 2.22. The predicted molar refractivity (Wildman–Crippen MR) is 85.8 cm³/mol. The Kier molecular flexibility index (Phi) is 4.82. The number of nitrogens with one attached hydrogen (secondary N) is 1. The fraction of sp³-hybridized carbons (Fsp3) is 0.235. The summed E-state index contributed by atoms with van der Waals surface area (Å²) in [6.07, 6.45) is 0.929. The van der Waals surface area contributed by atoms with Crippen LogP contribution in [-0.4, -0.2) is 12.5 Å². The first-order valence-electron chi connectivity index (χ1n) is 7.01. The predicted octanol–water partition coefficient (Wildman–Crippen LogP) is 3.62. The van der Waals surface area contributed by atoms with Gasteiger partial charge in [0.2, 0.25) is 0 Å². The zero-order chi connectivity index (χ0) is 15.2. The monoisotopic (exact) mass is 284 g/mol. The first-order valence-corrected chi connectivity index (χ1v) is 7.01. The lowest BCUT2D eigenvalue weighted by Crippen LogP contribution is -2.13. The van der Waals surface area contributed by atoms with Crippen molar-refractivity contribution >= 4 is 17.3 Å². The molecule has 0 aliphatic carbocycles. The first-order chi connectivity index (χ1) is 10.1. The Labute approximate surface area is 124 Å². The van der Waals surface area contributed by atoms with E-state index in [4.69, 9.17) is 10.5 Å². The van der Waals surface area contributed by atoms with Crippen LogP contribution in [-0.2, 0) is 0 Å². The number of carbonyl (C=O) groups is 1. The molecule has 0 saturated carbocycles. The topological polar surface area (TPSA) is 64.3 Å². The molecule has 2 rings (SSSR count). The van der Waals surface area contributed by atoms with Crippen molar-refractivity contribution < 1.29 is 9.53 Å². The minimum absolute atomic E-state index is 0.175. The normalized spacial score (nSPS) is 10.2. The van der Waals surface area contributed by atoms with Gasteiger partial charge >= 0.3 is 0 Å². The third kappa shape index (κ3) is 3.75. The van der Waals surface area contributed by atoms with E-state index in [-0.39, 0.29) is 5.91 Å². The maximum absolute atomic E-state index is 12.3. The van der Waals surface area contributed by atoms with E-state index in [9.17, 15) is 4.79 Å². The van der Waals surface area contributed by atoms with Crippen molar-refractivity contribution in [2.24, 2.45) is 0 Å². The van der Waals surface area contributed by atoms with E-state index in [0.717, 1.165) is 17.7 Å². The van der Waals surface area contributed by atoms with Crippen molar-refractivity contribution in [1.82, 2.24) is 0 Å². The number of anilines is 2. The Bertz CT molecular complexity index is 638. The molecule has 110 valence electrons. The molecule has 4 nitrogen and oxygen atoms in total. The van der Waals surface area contributed by atoms with Crippen molar-refractivity contribution in [3.8, 4) is 5.75 Å². The Morgan fingerprint density at radius 3 is 2.76 bits per heavy atom. The highest BCUT2D eigenvalue weighted by molar-refractivity contribution is 6.05. The average Bonchev–Trinajstić information content (AvgIpc) is 2.50. The van der Waals surface area contributed by atoms with Crippen molar-refractivity contribution in [3.05, 3.63) is 53.6 Å². The molecule has 2 aromatic carbocycles. The zero-order valence-corrected chi connectivity index (χ0v) is 12.3. The molecular weight excluding hydrogens is 264 g/mol. The second kappa shape index (κ2) is 6.79. The average molecular weight is 284 g/mol. The molecule has 3 N–H and O–H groups in total. The summed E-state index contributed by atoms with van der Waals surface area (Å²) in [6.45, 7) is 4.56. The summed E-state index contributed by atoms with van der Waals surface area (Å²) < 4.78 is 5.54. The molecule has 0 aromatic heterocycles. The Hall–Kier alpha value is -2.49. The number of nitrogen functional groups attached to an aromatic ring is 1. The largest absolute Gasteiger partial charge is 0.494 e. The summed E-state index contributed by atoms with van der Waals surface area (Å²) in [5, 5.41) is 2.88. The molecule has 4 heteroatoms. The van der Waals surface area contributed by atoms with Gasteiger partial charge < -0.3 is 15.8 Å². The van der Waals surface area contributed by atoms with Gasteiger partial charge in [0.1, 0.15) is 5.75 Å². The van der Waals surface area contributed by atoms with Gasteiger partial charge in [-0.15, -0.1) is 0 Å². The number of ether oxygens (including phenoxy) is 1. The number of amides is 1. The van der Waals surface area contributed by atoms with E-state index >= 15 is 0 Å². The van der Waals surface area contributed by atoms with Crippen LogP contribution >= 0.6 is 0 Å². The van der Waals surface area contributed by atoms with Crippen LogP contribution in [0.2, 0.25) is 0 Å². The molecule has 0 bridgehead atoms. The Morgan fingerprint density at radius 1 is 1.24 bits per heavy atom. The molecule has 0 atom stereocenters. The van der Waals surface area contributed by atoms with E-state index in [1.54, 1.807) is 12.1 Å². The third-order valence-electron chi connectivity index (χ3n) is 3.19. The van der Waals surface area contributed by atoms with Crippen LogP contribution in [0.3, 0.4) is 0 Å². The summed E-state index contributed by atoms with van der Waals surface area (Å²) in [5.41, 5.74) is 8.65. The number of nitrogens with two attached hydrogens (primary N) is 1. The summed E-state index contributed by atoms with van der Waals surface area (Å²) in [6, 6.07) is 12.6. The number of rotatable bonds is 5. The smallest absolute Gasteiger partial charge is 0.255 e. The summed E-state index contributed by atoms with van der Waals surface area (Å²) in [7, 11) is 0. The number of carbonyl (C=O) groups excluding carboxylic acids is 1. The quantitative estimate of drug-likeness (QED) is 0.824. The molecule has 0 saturated heterocycles. The fourth-order valence-corrected chi connectivity index (χ4v) is 1.93. The van der Waals surface area contributed by atoms with Gasteiger partial charge in [-0.1, -0.05) is 19.1 Å². The molecule has 1 amide bonds. The molecule has 0 unspecified atom stereocenters. The van der Waals surface area contributed by atoms with Crippen molar-refractivity contribution in [2.75, 3.05) is 17.7 Å². The molecule has 0 fully saturated rings. The van der Waals surface area contributed by atoms with Gasteiger partial charge in [0, 0.05) is 16.9 Å². The lowest BCUT2D eigenvalue weighted by Gasteiger charge is -2.11. The van der Waals surface area contributed by atoms with Gasteiger partial charge in [0.25, 0.3) is 5.91 Å². The van der Waals surface area contributed by atoms with Crippen molar-refractivity contribution in [3.63, 3.8) is 0 Å². The minimum atomic E-state index is -0.175. The van der Waals surface area contributed by atoms with Crippen LogP contribution in [0, 0.1) is 6.92 Å².